The van der Waals surface area contributed by atoms with Gasteiger partial charge >= 0.3 is 0 Å². The monoisotopic (exact) mass is 641 g/mol. The van der Waals surface area contributed by atoms with Gasteiger partial charge in [-0.25, -0.2) is 0 Å². The van der Waals surface area contributed by atoms with Gasteiger partial charge in [0.05, 0.1) is 0 Å². The molecule has 0 atom stereocenters. The van der Waals surface area contributed by atoms with Crippen molar-refractivity contribution in [2.75, 3.05) is 0 Å². The molecule has 0 aliphatic rings. The molecule has 2 aromatic carbocycles. The third-order valence-corrected chi connectivity index (χ3v) is 9.23. The molecule has 264 valence electrons. The van der Waals surface area contributed by atoms with Gasteiger partial charge in [0.1, 0.15) is 11.5 Å². The van der Waals surface area contributed by atoms with Crippen molar-refractivity contribution in [3.63, 3.8) is 0 Å². The first-order valence-corrected chi connectivity index (χ1v) is 19.5. The van der Waals surface area contributed by atoms with Gasteiger partial charge in [0.2, 0.25) is 0 Å². The van der Waals surface area contributed by atoms with Crippen molar-refractivity contribution in [3.8, 4) is 23.0 Å². The minimum atomic E-state index is -0.0271. The first-order valence-electron chi connectivity index (χ1n) is 19.5. The smallest absolute Gasteiger partial charge is 0.157 e. The van der Waals surface area contributed by atoms with Gasteiger partial charge in [-0.1, -0.05) is 180 Å². The van der Waals surface area contributed by atoms with E-state index >= 15 is 0 Å². The van der Waals surface area contributed by atoms with E-state index in [2.05, 4.69) is 13.8 Å². The number of aryl methyl sites for hydroxylation is 2. The van der Waals surface area contributed by atoms with E-state index < -0.39 is 0 Å². The summed E-state index contributed by atoms with van der Waals surface area (Å²) >= 11 is 0. The minimum absolute atomic E-state index is 0.000932. The Morgan fingerprint density at radius 3 is 1.13 bits per heavy atom. The lowest BCUT2D eigenvalue weighted by molar-refractivity contribution is 0.403. The molecule has 0 aliphatic carbocycles. The molecule has 4 N–H and O–H groups in total. The van der Waals surface area contributed by atoms with E-state index in [0.29, 0.717) is 0 Å². The van der Waals surface area contributed by atoms with Crippen molar-refractivity contribution in [2.45, 2.75) is 194 Å². The Morgan fingerprint density at radius 1 is 0.348 bits per heavy atom. The fourth-order valence-electron chi connectivity index (χ4n) is 6.17. The SMILES string of the molecule is CCCCCCCCCCCCCCCCCCc1ccc(O)c(O)c1.CCCCCCCCCCCCc1ccc(O)cc1O. The molecule has 2 rings (SSSR count). The molecule has 0 amide bonds. The highest BCUT2D eigenvalue weighted by molar-refractivity contribution is 5.40. The van der Waals surface area contributed by atoms with E-state index in [1.54, 1.807) is 18.2 Å². The van der Waals surface area contributed by atoms with Crippen LogP contribution >= 0.6 is 0 Å². The Hall–Kier alpha value is -2.36. The topological polar surface area (TPSA) is 80.9 Å². The molecule has 4 nitrogen and oxygen atoms in total. The summed E-state index contributed by atoms with van der Waals surface area (Å²) in [5.74, 6) is 0.329. The molecule has 0 saturated carbocycles. The highest BCUT2D eigenvalue weighted by Gasteiger charge is 2.03. The second kappa shape index (κ2) is 30.0. The number of aromatic hydroxyl groups is 4. The Balaban J connectivity index is 0.000000476. The van der Waals surface area contributed by atoms with Crippen LogP contribution in [0, 0.1) is 0 Å². The van der Waals surface area contributed by atoms with Crippen LogP contribution in [0.4, 0.5) is 0 Å². The van der Waals surface area contributed by atoms with Crippen molar-refractivity contribution in [1.82, 2.24) is 0 Å². The summed E-state index contributed by atoms with van der Waals surface area (Å²) in [4.78, 5) is 0. The fourth-order valence-corrected chi connectivity index (χ4v) is 6.17. The lowest BCUT2D eigenvalue weighted by Gasteiger charge is -2.05. The molecule has 0 unspecified atom stereocenters. The highest BCUT2D eigenvalue weighted by atomic mass is 16.3. The van der Waals surface area contributed by atoms with Crippen molar-refractivity contribution in [3.05, 3.63) is 47.5 Å². The van der Waals surface area contributed by atoms with Crippen molar-refractivity contribution < 1.29 is 20.4 Å². The fraction of sp³-hybridized carbons (Fsp3) is 0.714. The molecule has 0 radical (unpaired) electrons. The highest BCUT2D eigenvalue weighted by Crippen LogP contribution is 2.26. The molecule has 0 heterocycles. The van der Waals surface area contributed by atoms with E-state index in [9.17, 15) is 20.4 Å². The van der Waals surface area contributed by atoms with Crippen LogP contribution < -0.4 is 0 Å². The van der Waals surface area contributed by atoms with Crippen LogP contribution in [-0.4, -0.2) is 20.4 Å². The Labute approximate surface area is 284 Å². The van der Waals surface area contributed by atoms with Crippen LogP contribution in [0.1, 0.15) is 192 Å². The lowest BCUT2D eigenvalue weighted by Crippen LogP contribution is -1.87. The van der Waals surface area contributed by atoms with E-state index in [1.807, 2.05) is 12.1 Å². The summed E-state index contributed by atoms with van der Waals surface area (Å²) in [6, 6.07) is 10.0. The predicted molar refractivity (Wildman–Crippen MR) is 198 cm³/mol. The van der Waals surface area contributed by atoms with Crippen molar-refractivity contribution in [1.29, 1.82) is 0 Å². The van der Waals surface area contributed by atoms with Crippen molar-refractivity contribution in [2.24, 2.45) is 0 Å². The number of phenols is 4. The van der Waals surface area contributed by atoms with Gasteiger partial charge in [-0.05, 0) is 55.0 Å². The zero-order chi connectivity index (χ0) is 33.5. The maximum Gasteiger partial charge on any atom is 0.157 e. The molecular formula is C42H72O4. The number of hydrogen-bond acceptors (Lipinski definition) is 4. The number of hydrogen-bond donors (Lipinski definition) is 4. The zero-order valence-electron chi connectivity index (χ0n) is 30.1. The van der Waals surface area contributed by atoms with Crippen LogP contribution in [0.15, 0.2) is 36.4 Å². The molecule has 0 bridgehead atoms. The van der Waals surface area contributed by atoms with Crippen molar-refractivity contribution >= 4 is 0 Å². The normalized spacial score (nSPS) is 11.0. The summed E-state index contributed by atoms with van der Waals surface area (Å²) in [5, 5.41) is 37.7. The largest absolute Gasteiger partial charge is 0.508 e. The predicted octanol–water partition coefficient (Wildman–Crippen LogP) is 13.5. The Kier molecular flexibility index (Phi) is 27.2. The summed E-state index contributed by atoms with van der Waals surface area (Å²) in [5.41, 5.74) is 2.06. The van der Waals surface area contributed by atoms with Crippen LogP contribution in [0.2, 0.25) is 0 Å². The quantitative estimate of drug-likeness (QED) is 0.0551. The average molecular weight is 641 g/mol. The molecule has 0 fully saturated rings. The molecule has 46 heavy (non-hydrogen) atoms. The maximum absolute atomic E-state index is 9.67. The van der Waals surface area contributed by atoms with Crippen LogP contribution in [0.25, 0.3) is 0 Å². The molecule has 0 spiro atoms. The van der Waals surface area contributed by atoms with E-state index in [1.165, 1.54) is 167 Å². The van der Waals surface area contributed by atoms with Crippen LogP contribution in [-0.2, 0) is 12.8 Å². The zero-order valence-corrected chi connectivity index (χ0v) is 30.1. The standard InChI is InChI=1S/C24H42O2.C18H30O2/c1-2-3-4-5-6-7-8-9-10-11-12-13-14-15-16-17-18-22-19-20-23(25)24(26)21-22;1-2-3-4-5-6-7-8-9-10-11-12-16-13-14-17(19)15-18(16)20/h19-21,25-26H,2-18H2,1H3;13-15,19-20H,2-12H2,1H3. The Morgan fingerprint density at radius 2 is 0.739 bits per heavy atom. The molecule has 0 saturated heterocycles. The maximum atomic E-state index is 9.67. The molecule has 2 aromatic rings. The summed E-state index contributed by atoms with van der Waals surface area (Å²) < 4.78 is 0. The summed E-state index contributed by atoms with van der Waals surface area (Å²) in [6.45, 7) is 4.54. The van der Waals surface area contributed by atoms with Gasteiger partial charge in [-0.2, -0.15) is 0 Å². The summed E-state index contributed by atoms with van der Waals surface area (Å²) in [6.07, 6.45) is 37.3. The van der Waals surface area contributed by atoms with Gasteiger partial charge in [0.15, 0.2) is 11.5 Å². The number of rotatable bonds is 28. The number of phenolic OH excluding ortho intramolecular Hbond substituents is 4. The van der Waals surface area contributed by atoms with Gasteiger partial charge < -0.3 is 20.4 Å². The van der Waals surface area contributed by atoms with E-state index in [-0.39, 0.29) is 23.0 Å². The minimum Gasteiger partial charge on any atom is -0.508 e. The van der Waals surface area contributed by atoms with Gasteiger partial charge in [-0.15, -0.1) is 0 Å². The third-order valence-electron chi connectivity index (χ3n) is 9.23. The molecular weight excluding hydrogens is 568 g/mol. The number of benzene rings is 2. The third kappa shape index (κ3) is 23.9. The lowest BCUT2D eigenvalue weighted by atomic mass is 10.0. The second-order valence-electron chi connectivity index (χ2n) is 13.6. The first-order chi connectivity index (χ1) is 22.5. The van der Waals surface area contributed by atoms with Gasteiger partial charge in [0.25, 0.3) is 0 Å². The Bertz CT molecular complexity index is 957. The average Bonchev–Trinajstić information content (AvgIpc) is 3.04. The molecule has 4 heteroatoms. The first kappa shape index (κ1) is 41.7. The molecule has 0 aromatic heterocycles. The van der Waals surface area contributed by atoms with Gasteiger partial charge in [0, 0.05) is 6.07 Å². The van der Waals surface area contributed by atoms with Crippen LogP contribution in [0.3, 0.4) is 0 Å². The molecule has 0 aliphatic heterocycles. The van der Waals surface area contributed by atoms with Crippen LogP contribution in [0.5, 0.6) is 23.0 Å². The number of unbranched alkanes of at least 4 members (excludes halogenated alkanes) is 24. The van der Waals surface area contributed by atoms with E-state index in [0.717, 1.165) is 30.4 Å². The van der Waals surface area contributed by atoms with E-state index in [4.69, 9.17) is 0 Å². The summed E-state index contributed by atoms with van der Waals surface area (Å²) in [7, 11) is 0. The van der Waals surface area contributed by atoms with Gasteiger partial charge in [-0.3, -0.25) is 0 Å². The second-order valence-corrected chi connectivity index (χ2v) is 13.6.